The number of carbonyl (C=O) groups excluding carboxylic acids is 1. The van der Waals surface area contributed by atoms with E-state index in [1.807, 2.05) is 23.1 Å². The molecule has 23 heavy (non-hydrogen) atoms. The minimum absolute atomic E-state index is 0.0231. The first kappa shape index (κ1) is 16.3. The van der Waals surface area contributed by atoms with Crippen molar-refractivity contribution in [3.63, 3.8) is 0 Å². The third-order valence-corrected chi connectivity index (χ3v) is 4.50. The molecule has 5 heteroatoms. The number of rotatable bonds is 6. The van der Waals surface area contributed by atoms with E-state index in [2.05, 4.69) is 0 Å². The lowest BCUT2D eigenvalue weighted by molar-refractivity contribution is 0.0307. The second kappa shape index (κ2) is 7.79. The minimum Gasteiger partial charge on any atom is -0.497 e. The van der Waals surface area contributed by atoms with Gasteiger partial charge < -0.3 is 19.1 Å². The monoisotopic (exact) mass is 319 g/mol. The van der Waals surface area contributed by atoms with Gasteiger partial charge in [0, 0.05) is 31.9 Å². The molecule has 2 aliphatic rings. The lowest BCUT2D eigenvalue weighted by atomic mass is 10.1. The molecule has 2 atom stereocenters. The summed E-state index contributed by atoms with van der Waals surface area (Å²) >= 11 is 0. The zero-order chi connectivity index (χ0) is 16.1. The van der Waals surface area contributed by atoms with Crippen molar-refractivity contribution in [2.75, 3.05) is 33.4 Å². The Kier molecular flexibility index (Phi) is 5.51. The first-order valence-electron chi connectivity index (χ1n) is 8.43. The van der Waals surface area contributed by atoms with Crippen LogP contribution >= 0.6 is 0 Å². The number of nitrogens with zero attached hydrogens (tertiary/aromatic N) is 1. The summed E-state index contributed by atoms with van der Waals surface area (Å²) in [5.74, 6) is 0.722. The van der Waals surface area contributed by atoms with E-state index in [1.54, 1.807) is 13.2 Å². The van der Waals surface area contributed by atoms with Crippen LogP contribution in [-0.4, -0.2) is 56.4 Å². The fourth-order valence-corrected chi connectivity index (χ4v) is 3.25. The van der Waals surface area contributed by atoms with Gasteiger partial charge in [0.05, 0.1) is 19.3 Å². The highest BCUT2D eigenvalue weighted by Crippen LogP contribution is 2.20. The van der Waals surface area contributed by atoms with Gasteiger partial charge in [-0.2, -0.15) is 0 Å². The van der Waals surface area contributed by atoms with E-state index in [0.29, 0.717) is 24.4 Å². The maximum atomic E-state index is 12.9. The maximum Gasteiger partial charge on any atom is 0.254 e. The molecular weight excluding hydrogens is 294 g/mol. The van der Waals surface area contributed by atoms with E-state index in [9.17, 15) is 4.79 Å². The van der Waals surface area contributed by atoms with Crippen LogP contribution < -0.4 is 4.74 Å². The van der Waals surface area contributed by atoms with Gasteiger partial charge in [0.25, 0.3) is 5.91 Å². The SMILES string of the molecule is COc1cccc(C(=O)N(CC2CCCO2)CC2CCCO2)c1. The number of methoxy groups -OCH3 is 1. The second-order valence-electron chi connectivity index (χ2n) is 6.21. The van der Waals surface area contributed by atoms with E-state index >= 15 is 0 Å². The summed E-state index contributed by atoms with van der Waals surface area (Å²) in [6.07, 6.45) is 4.48. The van der Waals surface area contributed by atoms with Crippen LogP contribution in [0.5, 0.6) is 5.75 Å². The van der Waals surface area contributed by atoms with Crippen LogP contribution in [0.1, 0.15) is 36.0 Å². The molecule has 3 rings (SSSR count). The van der Waals surface area contributed by atoms with Crippen LogP contribution in [0.2, 0.25) is 0 Å². The normalized spacial score (nSPS) is 23.9. The quantitative estimate of drug-likeness (QED) is 0.808. The number of carbonyl (C=O) groups is 1. The van der Waals surface area contributed by atoms with Crippen molar-refractivity contribution in [3.8, 4) is 5.75 Å². The fourth-order valence-electron chi connectivity index (χ4n) is 3.25. The van der Waals surface area contributed by atoms with Gasteiger partial charge in [-0.1, -0.05) is 6.07 Å². The van der Waals surface area contributed by atoms with Crippen molar-refractivity contribution in [2.24, 2.45) is 0 Å². The zero-order valence-corrected chi connectivity index (χ0v) is 13.7. The molecule has 1 amide bonds. The van der Waals surface area contributed by atoms with Gasteiger partial charge >= 0.3 is 0 Å². The van der Waals surface area contributed by atoms with Crippen LogP contribution in [0.25, 0.3) is 0 Å². The molecule has 2 unspecified atom stereocenters. The number of amides is 1. The van der Waals surface area contributed by atoms with E-state index in [-0.39, 0.29) is 18.1 Å². The summed E-state index contributed by atoms with van der Waals surface area (Å²) in [5.41, 5.74) is 0.653. The predicted molar refractivity (Wildman–Crippen MR) is 86.8 cm³/mol. The standard InChI is InChI=1S/C18H25NO4/c1-21-15-6-2-5-14(11-15)18(20)19(12-16-7-3-9-22-16)13-17-8-4-10-23-17/h2,5-6,11,16-17H,3-4,7-10,12-13H2,1H3. The fraction of sp³-hybridized carbons (Fsp3) is 0.611. The molecule has 0 radical (unpaired) electrons. The maximum absolute atomic E-state index is 12.9. The Morgan fingerprint density at radius 1 is 1.17 bits per heavy atom. The molecule has 2 heterocycles. The number of hydrogen-bond acceptors (Lipinski definition) is 4. The summed E-state index contributed by atoms with van der Waals surface area (Å²) in [7, 11) is 1.61. The third-order valence-electron chi connectivity index (χ3n) is 4.50. The van der Waals surface area contributed by atoms with Gasteiger partial charge in [0.2, 0.25) is 0 Å². The Morgan fingerprint density at radius 2 is 1.83 bits per heavy atom. The number of benzene rings is 1. The average molecular weight is 319 g/mol. The van der Waals surface area contributed by atoms with Gasteiger partial charge in [0.1, 0.15) is 5.75 Å². The minimum atomic E-state index is 0.0231. The van der Waals surface area contributed by atoms with E-state index in [1.165, 1.54) is 0 Å². The van der Waals surface area contributed by atoms with Crippen LogP contribution in [0.15, 0.2) is 24.3 Å². The number of hydrogen-bond donors (Lipinski definition) is 0. The van der Waals surface area contributed by atoms with Crippen molar-refractivity contribution in [1.82, 2.24) is 4.90 Å². The summed E-state index contributed by atoms with van der Waals surface area (Å²) in [6.45, 7) is 2.86. The highest BCUT2D eigenvalue weighted by molar-refractivity contribution is 5.94. The molecule has 2 fully saturated rings. The Morgan fingerprint density at radius 3 is 2.35 bits per heavy atom. The second-order valence-corrected chi connectivity index (χ2v) is 6.21. The summed E-state index contributed by atoms with van der Waals surface area (Å²) < 4.78 is 16.7. The summed E-state index contributed by atoms with van der Waals surface area (Å²) in [4.78, 5) is 14.8. The molecule has 0 N–H and O–H groups in total. The molecule has 0 aliphatic carbocycles. The van der Waals surface area contributed by atoms with Crippen LogP contribution in [0.3, 0.4) is 0 Å². The zero-order valence-electron chi connectivity index (χ0n) is 13.7. The summed E-state index contributed by atoms with van der Waals surface area (Å²) in [5, 5.41) is 0. The first-order valence-corrected chi connectivity index (χ1v) is 8.43. The number of ether oxygens (including phenoxy) is 3. The van der Waals surface area contributed by atoms with Crippen molar-refractivity contribution in [1.29, 1.82) is 0 Å². The van der Waals surface area contributed by atoms with E-state index in [4.69, 9.17) is 14.2 Å². The molecule has 1 aromatic rings. The Balaban J connectivity index is 1.72. The lowest BCUT2D eigenvalue weighted by Gasteiger charge is -2.28. The van der Waals surface area contributed by atoms with Gasteiger partial charge in [-0.05, 0) is 43.9 Å². The van der Waals surface area contributed by atoms with Crippen molar-refractivity contribution < 1.29 is 19.0 Å². The Labute approximate surface area is 137 Å². The molecule has 1 aromatic carbocycles. The largest absolute Gasteiger partial charge is 0.497 e. The molecule has 0 bridgehead atoms. The third kappa shape index (κ3) is 4.24. The Bertz CT molecular complexity index is 504. The smallest absolute Gasteiger partial charge is 0.254 e. The molecule has 2 aliphatic heterocycles. The molecule has 126 valence electrons. The molecule has 2 saturated heterocycles. The Hall–Kier alpha value is -1.59. The van der Waals surface area contributed by atoms with Crippen molar-refractivity contribution >= 4 is 5.91 Å². The topological polar surface area (TPSA) is 48.0 Å². The van der Waals surface area contributed by atoms with E-state index in [0.717, 1.165) is 38.9 Å². The lowest BCUT2D eigenvalue weighted by Crippen LogP contribution is -2.42. The highest BCUT2D eigenvalue weighted by atomic mass is 16.5. The average Bonchev–Trinajstić information content (AvgIpc) is 3.27. The van der Waals surface area contributed by atoms with Gasteiger partial charge in [0.15, 0.2) is 0 Å². The highest BCUT2D eigenvalue weighted by Gasteiger charge is 2.27. The predicted octanol–water partition coefficient (Wildman–Crippen LogP) is 2.50. The van der Waals surface area contributed by atoms with Crippen LogP contribution in [0, 0.1) is 0 Å². The molecule has 5 nitrogen and oxygen atoms in total. The van der Waals surface area contributed by atoms with Gasteiger partial charge in [-0.3, -0.25) is 4.79 Å². The van der Waals surface area contributed by atoms with Crippen molar-refractivity contribution in [2.45, 2.75) is 37.9 Å². The first-order chi connectivity index (χ1) is 11.3. The van der Waals surface area contributed by atoms with Crippen LogP contribution in [0.4, 0.5) is 0 Å². The van der Waals surface area contributed by atoms with Crippen molar-refractivity contribution in [3.05, 3.63) is 29.8 Å². The van der Waals surface area contributed by atoms with Gasteiger partial charge in [-0.15, -0.1) is 0 Å². The van der Waals surface area contributed by atoms with Crippen LogP contribution in [-0.2, 0) is 9.47 Å². The molecule has 0 spiro atoms. The molecular formula is C18H25NO4. The van der Waals surface area contributed by atoms with Gasteiger partial charge in [-0.25, -0.2) is 0 Å². The summed E-state index contributed by atoms with van der Waals surface area (Å²) in [6, 6.07) is 7.33. The molecule has 0 aromatic heterocycles. The van der Waals surface area contributed by atoms with E-state index < -0.39 is 0 Å². The molecule has 0 saturated carbocycles.